The Bertz CT molecular complexity index is 288. The van der Waals surface area contributed by atoms with E-state index in [0.717, 1.165) is 5.69 Å². The standard InChI is InChI=1S/C8H9NO3.OS/c1-12-5-7-3-2-6(4-9-7)8(10)11;1-2/h2-4H,5H2,1H3,(H,10,11);. The largest absolute Gasteiger partial charge is 0.478 e. The molecule has 0 atom stereocenters. The Labute approximate surface area is 86.3 Å². The zero-order valence-corrected chi connectivity index (χ0v) is 8.28. The molecule has 1 rings (SSSR count). The van der Waals surface area contributed by atoms with E-state index in [1.807, 2.05) is 0 Å². The van der Waals surface area contributed by atoms with Crippen molar-refractivity contribution in [2.75, 3.05) is 7.11 Å². The van der Waals surface area contributed by atoms with Crippen LogP contribution < -0.4 is 0 Å². The molecule has 0 saturated carbocycles. The predicted molar refractivity (Wildman–Crippen MR) is 50.1 cm³/mol. The van der Waals surface area contributed by atoms with E-state index < -0.39 is 5.97 Å². The SMILES string of the molecule is COCc1ccc(C(=O)O)cn1.O=S. The average Bonchev–Trinajstić information content (AvgIpc) is 2.22. The number of aromatic nitrogens is 1. The first-order valence-electron chi connectivity index (χ1n) is 3.58. The van der Waals surface area contributed by atoms with Gasteiger partial charge < -0.3 is 9.84 Å². The lowest BCUT2D eigenvalue weighted by Crippen LogP contribution is -1.99. The molecule has 1 aromatic rings. The summed E-state index contributed by atoms with van der Waals surface area (Å²) in [5, 5.41) is 8.53. The molecule has 76 valence electrons. The van der Waals surface area contributed by atoms with Crippen LogP contribution in [-0.2, 0) is 23.9 Å². The number of nitrogens with zero attached hydrogens (tertiary/aromatic N) is 1. The van der Waals surface area contributed by atoms with Gasteiger partial charge in [0.2, 0.25) is 0 Å². The molecule has 1 heterocycles. The fraction of sp³-hybridized carbons (Fsp3) is 0.250. The number of carboxylic acid groups (broad SMARTS) is 1. The van der Waals surface area contributed by atoms with E-state index in [1.165, 1.54) is 12.3 Å². The molecule has 0 spiro atoms. The van der Waals surface area contributed by atoms with Gasteiger partial charge in [-0.15, -0.1) is 0 Å². The lowest BCUT2D eigenvalue weighted by atomic mass is 10.2. The maximum absolute atomic E-state index is 10.4. The Morgan fingerprint density at radius 3 is 2.57 bits per heavy atom. The minimum Gasteiger partial charge on any atom is -0.478 e. The topological polar surface area (TPSA) is 76.5 Å². The van der Waals surface area contributed by atoms with Crippen LogP contribution in [0.5, 0.6) is 0 Å². The molecule has 0 fully saturated rings. The lowest BCUT2D eigenvalue weighted by Gasteiger charge is -1.98. The second-order valence-corrected chi connectivity index (χ2v) is 2.28. The fourth-order valence-corrected chi connectivity index (χ4v) is 0.784. The van der Waals surface area contributed by atoms with E-state index in [1.54, 1.807) is 13.2 Å². The van der Waals surface area contributed by atoms with Gasteiger partial charge in [0.1, 0.15) is 0 Å². The summed E-state index contributed by atoms with van der Waals surface area (Å²) in [6, 6.07) is 3.14. The number of carbonyl (C=O) groups is 1. The number of carboxylic acids is 1. The van der Waals surface area contributed by atoms with Crippen molar-refractivity contribution in [1.29, 1.82) is 0 Å². The number of pyridine rings is 1. The molecule has 0 saturated heterocycles. The Morgan fingerprint density at radius 2 is 2.21 bits per heavy atom. The van der Waals surface area contributed by atoms with Gasteiger partial charge in [-0.2, -0.15) is 4.21 Å². The molecule has 0 unspecified atom stereocenters. The number of rotatable bonds is 3. The number of aromatic carboxylic acids is 1. The summed E-state index contributed by atoms with van der Waals surface area (Å²) < 4.78 is 12.7. The van der Waals surface area contributed by atoms with Gasteiger partial charge in [-0.1, -0.05) is 0 Å². The summed E-state index contributed by atoms with van der Waals surface area (Å²) in [7, 11) is 1.56. The van der Waals surface area contributed by atoms with Gasteiger partial charge in [-0.25, -0.2) is 4.79 Å². The zero-order chi connectivity index (χ0) is 11.0. The summed E-state index contributed by atoms with van der Waals surface area (Å²) in [4.78, 5) is 14.3. The lowest BCUT2D eigenvalue weighted by molar-refractivity contribution is 0.0696. The fourth-order valence-electron chi connectivity index (χ4n) is 0.784. The highest BCUT2D eigenvalue weighted by molar-refractivity contribution is 7.44. The molecule has 0 aliphatic rings. The van der Waals surface area contributed by atoms with Crippen LogP contribution in [0.3, 0.4) is 0 Å². The minimum absolute atomic E-state index is 0.190. The van der Waals surface area contributed by atoms with E-state index in [2.05, 4.69) is 17.5 Å². The molecule has 0 aromatic carbocycles. The Kier molecular flexibility index (Phi) is 6.34. The second kappa shape index (κ2) is 7.05. The first-order valence-corrected chi connectivity index (χ1v) is 3.91. The number of methoxy groups -OCH3 is 1. The van der Waals surface area contributed by atoms with Gasteiger partial charge in [-0.05, 0) is 12.1 Å². The first kappa shape index (κ1) is 12.6. The van der Waals surface area contributed by atoms with Crippen LogP contribution in [0, 0.1) is 0 Å². The van der Waals surface area contributed by atoms with E-state index >= 15 is 0 Å². The van der Waals surface area contributed by atoms with Gasteiger partial charge in [0, 0.05) is 13.3 Å². The molecular formula is C8H9NO4S. The van der Waals surface area contributed by atoms with E-state index in [4.69, 9.17) is 14.1 Å². The average molecular weight is 215 g/mol. The molecule has 0 bridgehead atoms. The first-order chi connectivity index (χ1) is 6.74. The molecule has 0 amide bonds. The highest BCUT2D eigenvalue weighted by Crippen LogP contribution is 2.00. The maximum Gasteiger partial charge on any atom is 0.337 e. The summed E-state index contributed by atoms with van der Waals surface area (Å²) >= 11 is 2.83. The molecule has 0 aliphatic carbocycles. The third-order valence-electron chi connectivity index (χ3n) is 1.36. The highest BCUT2D eigenvalue weighted by Gasteiger charge is 2.01. The van der Waals surface area contributed by atoms with Crippen molar-refractivity contribution in [3.63, 3.8) is 0 Å². The maximum atomic E-state index is 10.4. The molecular weight excluding hydrogens is 206 g/mol. The highest BCUT2D eigenvalue weighted by atomic mass is 32.1. The van der Waals surface area contributed by atoms with Crippen molar-refractivity contribution >= 4 is 18.5 Å². The number of hydrogen-bond acceptors (Lipinski definition) is 5. The Hall–Kier alpha value is -1.40. The van der Waals surface area contributed by atoms with Gasteiger partial charge >= 0.3 is 5.97 Å². The molecule has 0 radical (unpaired) electrons. The van der Waals surface area contributed by atoms with Crippen LogP contribution in [0.4, 0.5) is 0 Å². The predicted octanol–water partition coefficient (Wildman–Crippen LogP) is 0.590. The zero-order valence-electron chi connectivity index (χ0n) is 7.47. The Balaban J connectivity index is 0.000000791. The van der Waals surface area contributed by atoms with Gasteiger partial charge in [0.25, 0.3) is 0 Å². The monoisotopic (exact) mass is 215 g/mol. The summed E-state index contributed by atoms with van der Waals surface area (Å²) in [6.07, 6.45) is 1.32. The van der Waals surface area contributed by atoms with Crippen LogP contribution in [0.15, 0.2) is 18.3 Å². The smallest absolute Gasteiger partial charge is 0.337 e. The van der Waals surface area contributed by atoms with Crippen LogP contribution in [-0.4, -0.2) is 27.4 Å². The molecule has 1 aromatic heterocycles. The van der Waals surface area contributed by atoms with Gasteiger partial charge in [-0.3, -0.25) is 4.98 Å². The summed E-state index contributed by atoms with van der Waals surface area (Å²) in [5.74, 6) is -0.966. The van der Waals surface area contributed by atoms with Crippen molar-refractivity contribution < 1.29 is 18.8 Å². The second-order valence-electron chi connectivity index (χ2n) is 2.28. The summed E-state index contributed by atoms with van der Waals surface area (Å²) in [6.45, 7) is 0.403. The molecule has 6 heteroatoms. The van der Waals surface area contributed by atoms with Crippen LogP contribution in [0.2, 0.25) is 0 Å². The van der Waals surface area contributed by atoms with Crippen molar-refractivity contribution in [2.24, 2.45) is 0 Å². The third kappa shape index (κ3) is 4.01. The molecule has 14 heavy (non-hydrogen) atoms. The minimum atomic E-state index is -0.966. The Morgan fingerprint density at radius 1 is 1.57 bits per heavy atom. The quantitative estimate of drug-likeness (QED) is 0.795. The van der Waals surface area contributed by atoms with Crippen LogP contribution in [0.1, 0.15) is 16.1 Å². The van der Waals surface area contributed by atoms with Crippen LogP contribution >= 0.6 is 0 Å². The normalized spacial score (nSPS) is 8.64. The molecule has 1 N–H and O–H groups in total. The van der Waals surface area contributed by atoms with Crippen molar-refractivity contribution in [2.45, 2.75) is 6.61 Å². The van der Waals surface area contributed by atoms with Crippen molar-refractivity contribution in [3.8, 4) is 0 Å². The van der Waals surface area contributed by atoms with Crippen LogP contribution in [0.25, 0.3) is 0 Å². The van der Waals surface area contributed by atoms with E-state index in [9.17, 15) is 4.79 Å². The summed E-state index contributed by atoms with van der Waals surface area (Å²) in [5.41, 5.74) is 0.914. The van der Waals surface area contributed by atoms with E-state index in [-0.39, 0.29) is 5.56 Å². The number of hydrogen-bond donors (Lipinski definition) is 1. The van der Waals surface area contributed by atoms with E-state index in [0.29, 0.717) is 6.61 Å². The molecule has 0 aliphatic heterocycles. The van der Waals surface area contributed by atoms with Gasteiger partial charge in [0.15, 0.2) is 12.5 Å². The van der Waals surface area contributed by atoms with Crippen molar-refractivity contribution in [1.82, 2.24) is 4.98 Å². The number of ether oxygens (including phenoxy) is 1. The van der Waals surface area contributed by atoms with Gasteiger partial charge in [0.05, 0.1) is 17.9 Å². The molecule has 5 nitrogen and oxygen atoms in total. The third-order valence-corrected chi connectivity index (χ3v) is 1.36. The van der Waals surface area contributed by atoms with Crippen molar-refractivity contribution in [3.05, 3.63) is 29.6 Å².